The maximum atomic E-state index is 13.1. The van der Waals surface area contributed by atoms with Gasteiger partial charge in [0.05, 0.1) is 17.3 Å². The highest BCUT2D eigenvalue weighted by Gasteiger charge is 2.27. The molecular formula is C24H31N5O2. The van der Waals surface area contributed by atoms with Crippen LogP contribution in [-0.2, 0) is 10.2 Å². The molecule has 1 aliphatic heterocycles. The molecule has 1 fully saturated rings. The molecule has 164 valence electrons. The number of carbonyl (C=O) groups is 2. The molecule has 5 N–H and O–H groups in total. The quantitative estimate of drug-likeness (QED) is 0.445. The van der Waals surface area contributed by atoms with Gasteiger partial charge in [-0.05, 0) is 42.0 Å². The van der Waals surface area contributed by atoms with E-state index in [1.807, 2.05) is 36.4 Å². The van der Waals surface area contributed by atoms with Gasteiger partial charge in [-0.1, -0.05) is 51.1 Å². The van der Waals surface area contributed by atoms with Gasteiger partial charge >= 0.3 is 0 Å². The van der Waals surface area contributed by atoms with Crippen molar-refractivity contribution in [3.05, 3.63) is 59.7 Å². The first-order valence-corrected chi connectivity index (χ1v) is 10.6. The van der Waals surface area contributed by atoms with Crippen molar-refractivity contribution < 1.29 is 9.59 Å². The Morgan fingerprint density at radius 3 is 2.29 bits per heavy atom. The Morgan fingerprint density at radius 1 is 1.03 bits per heavy atom. The summed E-state index contributed by atoms with van der Waals surface area (Å²) in [5.74, 6) is -0.624. The molecule has 0 bridgehead atoms. The molecule has 1 atom stereocenters. The van der Waals surface area contributed by atoms with E-state index >= 15 is 0 Å². The van der Waals surface area contributed by atoms with Crippen LogP contribution >= 0.6 is 0 Å². The molecule has 2 aromatic rings. The number of anilines is 2. The minimum atomic E-state index is -0.261. The number of benzene rings is 2. The Kier molecular flexibility index (Phi) is 6.63. The van der Waals surface area contributed by atoms with Crippen molar-refractivity contribution in [3.8, 4) is 0 Å². The highest BCUT2D eigenvalue weighted by molar-refractivity contribution is 6.08. The summed E-state index contributed by atoms with van der Waals surface area (Å²) in [7, 11) is 0. The van der Waals surface area contributed by atoms with E-state index in [1.54, 1.807) is 17.0 Å². The van der Waals surface area contributed by atoms with E-state index in [0.717, 1.165) is 18.4 Å². The molecule has 7 nitrogen and oxygen atoms in total. The van der Waals surface area contributed by atoms with Crippen LogP contribution in [0.15, 0.2) is 48.5 Å². The van der Waals surface area contributed by atoms with Crippen LogP contribution in [0.3, 0.4) is 0 Å². The Balaban J connectivity index is 1.76. The Labute approximate surface area is 183 Å². The zero-order valence-corrected chi connectivity index (χ0v) is 18.4. The second kappa shape index (κ2) is 9.20. The molecule has 31 heavy (non-hydrogen) atoms. The number of hydrogen-bond donors (Lipinski definition) is 4. The second-order valence-electron chi connectivity index (χ2n) is 8.95. The molecule has 7 heteroatoms. The fourth-order valence-corrected chi connectivity index (χ4v) is 3.87. The van der Waals surface area contributed by atoms with Gasteiger partial charge in [0.25, 0.3) is 5.91 Å². The molecule has 0 aromatic heterocycles. The van der Waals surface area contributed by atoms with Gasteiger partial charge in [-0.2, -0.15) is 0 Å². The third-order valence-corrected chi connectivity index (χ3v) is 5.55. The summed E-state index contributed by atoms with van der Waals surface area (Å²) < 4.78 is 0. The predicted molar refractivity (Wildman–Crippen MR) is 124 cm³/mol. The first kappa shape index (κ1) is 22.3. The second-order valence-corrected chi connectivity index (χ2v) is 8.95. The standard InChI is InChI=1S/C24H31N5O2/c1-24(2,3)18-11-5-4-10-17(18)22(31)28-20-13-7-6-12-19(20)27-21(30)16-9-8-14-29(15-16)23(25)26/h4-7,10-13,16H,8-9,14-15H2,1-3H3,(H3,25,26)(H,27,30)(H,28,31). The van der Waals surface area contributed by atoms with Crippen molar-refractivity contribution in [2.45, 2.75) is 39.0 Å². The number of guanidine groups is 1. The number of nitrogens with zero attached hydrogens (tertiary/aromatic N) is 1. The zero-order chi connectivity index (χ0) is 22.6. The lowest BCUT2D eigenvalue weighted by Crippen LogP contribution is -2.46. The summed E-state index contributed by atoms with van der Waals surface area (Å²) >= 11 is 0. The van der Waals surface area contributed by atoms with Crippen molar-refractivity contribution in [2.24, 2.45) is 11.7 Å². The van der Waals surface area contributed by atoms with Crippen LogP contribution < -0.4 is 16.4 Å². The van der Waals surface area contributed by atoms with E-state index in [-0.39, 0.29) is 29.1 Å². The maximum absolute atomic E-state index is 13.1. The van der Waals surface area contributed by atoms with Gasteiger partial charge in [-0.15, -0.1) is 0 Å². The van der Waals surface area contributed by atoms with Crippen molar-refractivity contribution in [1.29, 1.82) is 5.41 Å². The van der Waals surface area contributed by atoms with Crippen molar-refractivity contribution >= 4 is 29.1 Å². The first-order valence-electron chi connectivity index (χ1n) is 10.6. The van der Waals surface area contributed by atoms with Crippen LogP contribution in [0.25, 0.3) is 0 Å². The number of amides is 2. The summed E-state index contributed by atoms with van der Waals surface area (Å²) in [6.45, 7) is 7.33. The average Bonchev–Trinajstić information content (AvgIpc) is 2.74. The fraction of sp³-hybridized carbons (Fsp3) is 0.375. The van der Waals surface area contributed by atoms with Crippen molar-refractivity contribution in [2.75, 3.05) is 23.7 Å². The summed E-state index contributed by atoms with van der Waals surface area (Å²) in [5, 5.41) is 13.5. The summed E-state index contributed by atoms with van der Waals surface area (Å²) in [4.78, 5) is 27.7. The third-order valence-electron chi connectivity index (χ3n) is 5.55. The lowest BCUT2D eigenvalue weighted by molar-refractivity contribution is -0.121. The van der Waals surface area contributed by atoms with E-state index in [1.165, 1.54) is 0 Å². The minimum Gasteiger partial charge on any atom is -0.370 e. The monoisotopic (exact) mass is 421 g/mol. The lowest BCUT2D eigenvalue weighted by atomic mass is 9.83. The third kappa shape index (κ3) is 5.42. The first-order chi connectivity index (χ1) is 14.7. The summed E-state index contributed by atoms with van der Waals surface area (Å²) in [6.07, 6.45) is 1.54. The molecule has 0 aliphatic carbocycles. The largest absolute Gasteiger partial charge is 0.370 e. The number of nitrogens with two attached hydrogens (primary N) is 1. The highest BCUT2D eigenvalue weighted by atomic mass is 16.2. The molecule has 1 saturated heterocycles. The van der Waals surface area contributed by atoms with Crippen LogP contribution in [0, 0.1) is 11.3 Å². The number of carbonyl (C=O) groups excluding carboxylic acids is 2. The molecule has 3 rings (SSSR count). The topological polar surface area (TPSA) is 111 Å². The molecule has 0 spiro atoms. The lowest BCUT2D eigenvalue weighted by Gasteiger charge is -2.32. The predicted octanol–water partition coefficient (Wildman–Crippen LogP) is 3.78. The van der Waals surface area contributed by atoms with Crippen LogP contribution in [0.2, 0.25) is 0 Å². The Morgan fingerprint density at radius 2 is 1.65 bits per heavy atom. The smallest absolute Gasteiger partial charge is 0.256 e. The van der Waals surface area contributed by atoms with E-state index < -0.39 is 0 Å². The molecule has 0 radical (unpaired) electrons. The van der Waals surface area contributed by atoms with Crippen molar-refractivity contribution in [1.82, 2.24) is 4.90 Å². The highest BCUT2D eigenvalue weighted by Crippen LogP contribution is 2.28. The molecule has 2 amide bonds. The van der Waals surface area contributed by atoms with Crippen LogP contribution in [0.4, 0.5) is 11.4 Å². The Hall–Kier alpha value is -3.35. The average molecular weight is 422 g/mol. The van der Waals surface area contributed by atoms with Gasteiger partial charge in [-0.3, -0.25) is 15.0 Å². The SMILES string of the molecule is CC(C)(C)c1ccccc1C(=O)Nc1ccccc1NC(=O)C1CCCN(C(=N)N)C1. The van der Waals surface area contributed by atoms with Crippen LogP contribution in [-0.4, -0.2) is 35.8 Å². The molecule has 2 aromatic carbocycles. The van der Waals surface area contributed by atoms with Crippen molar-refractivity contribution in [3.63, 3.8) is 0 Å². The normalized spacial score (nSPS) is 16.5. The number of rotatable bonds is 4. The van der Waals surface area contributed by atoms with Gasteiger partial charge in [0, 0.05) is 18.7 Å². The number of likely N-dealkylation sites (tertiary alicyclic amines) is 1. The van der Waals surface area contributed by atoms with Gasteiger partial charge in [0.15, 0.2) is 5.96 Å². The van der Waals surface area contributed by atoms with Gasteiger partial charge in [-0.25, -0.2) is 0 Å². The van der Waals surface area contributed by atoms with Crippen LogP contribution in [0.5, 0.6) is 0 Å². The number of nitrogens with one attached hydrogen (secondary N) is 3. The molecular weight excluding hydrogens is 390 g/mol. The molecule has 1 unspecified atom stereocenters. The van der Waals surface area contributed by atoms with E-state index in [2.05, 4.69) is 31.4 Å². The van der Waals surface area contributed by atoms with Gasteiger partial charge < -0.3 is 21.3 Å². The zero-order valence-electron chi connectivity index (χ0n) is 18.4. The number of para-hydroxylation sites is 2. The number of piperidine rings is 1. The van der Waals surface area contributed by atoms with E-state index in [0.29, 0.717) is 30.0 Å². The fourth-order valence-electron chi connectivity index (χ4n) is 3.87. The van der Waals surface area contributed by atoms with E-state index in [9.17, 15) is 9.59 Å². The van der Waals surface area contributed by atoms with Gasteiger partial charge in [0.2, 0.25) is 5.91 Å². The minimum absolute atomic E-state index is 0.0114. The number of hydrogen-bond acceptors (Lipinski definition) is 3. The Bertz CT molecular complexity index is 980. The van der Waals surface area contributed by atoms with E-state index in [4.69, 9.17) is 11.1 Å². The molecule has 1 heterocycles. The molecule has 1 aliphatic rings. The summed E-state index contributed by atoms with van der Waals surface area (Å²) in [6, 6.07) is 14.7. The van der Waals surface area contributed by atoms with Gasteiger partial charge in [0.1, 0.15) is 0 Å². The van der Waals surface area contributed by atoms with Crippen LogP contribution in [0.1, 0.15) is 49.5 Å². The maximum Gasteiger partial charge on any atom is 0.256 e. The summed E-state index contributed by atoms with van der Waals surface area (Å²) in [5.41, 5.74) is 8.08. The molecule has 0 saturated carbocycles.